The monoisotopic (exact) mass is 423 g/mol. The number of fused-ring (bicyclic) bond motifs is 2. The number of esters is 2. The van der Waals surface area contributed by atoms with Crippen molar-refractivity contribution in [3.63, 3.8) is 0 Å². The summed E-state index contributed by atoms with van der Waals surface area (Å²) < 4.78 is 11.3. The molecule has 0 spiro atoms. The zero-order chi connectivity index (χ0) is 22.0. The van der Waals surface area contributed by atoms with Crippen LogP contribution < -0.4 is 0 Å². The number of para-hydroxylation sites is 1. The summed E-state index contributed by atoms with van der Waals surface area (Å²) in [7, 11) is 0. The average molecular weight is 424 g/mol. The third-order valence-corrected chi connectivity index (χ3v) is 6.94. The van der Waals surface area contributed by atoms with Crippen LogP contribution in [0, 0.1) is 17.8 Å². The standard InChI is InChI=1S/C26H33NO4/c1-16(2)18-13-12-17(3)14-23(18)31-24(28)15-30-26(29)25-19-8-4-6-10-21(19)27-22-11-7-5-9-20(22)25/h4,6,8,10,16-18,23H,5,7,9,11-15H2,1-3H3/t17-,18-,23-/m1/s1. The molecule has 2 aliphatic rings. The van der Waals surface area contributed by atoms with Gasteiger partial charge in [0.1, 0.15) is 6.10 Å². The molecule has 1 saturated carbocycles. The molecule has 2 aliphatic carbocycles. The summed E-state index contributed by atoms with van der Waals surface area (Å²) in [6.45, 7) is 6.22. The van der Waals surface area contributed by atoms with Gasteiger partial charge < -0.3 is 9.47 Å². The van der Waals surface area contributed by atoms with Gasteiger partial charge >= 0.3 is 11.9 Å². The number of hydrogen-bond acceptors (Lipinski definition) is 5. The van der Waals surface area contributed by atoms with E-state index in [9.17, 15) is 9.59 Å². The number of rotatable bonds is 5. The Hall–Kier alpha value is -2.43. The van der Waals surface area contributed by atoms with Gasteiger partial charge in [0.2, 0.25) is 0 Å². The average Bonchev–Trinajstić information content (AvgIpc) is 2.75. The van der Waals surface area contributed by atoms with E-state index in [1.807, 2.05) is 24.3 Å². The van der Waals surface area contributed by atoms with Gasteiger partial charge in [-0.1, -0.05) is 45.4 Å². The van der Waals surface area contributed by atoms with Crippen LogP contribution in [0.5, 0.6) is 0 Å². The highest BCUT2D eigenvalue weighted by molar-refractivity contribution is 6.05. The molecule has 1 fully saturated rings. The van der Waals surface area contributed by atoms with Crippen LogP contribution in [0.15, 0.2) is 24.3 Å². The highest BCUT2D eigenvalue weighted by Crippen LogP contribution is 2.35. The topological polar surface area (TPSA) is 65.5 Å². The fourth-order valence-corrected chi connectivity index (χ4v) is 5.26. The third-order valence-electron chi connectivity index (χ3n) is 6.94. The summed E-state index contributed by atoms with van der Waals surface area (Å²) in [5, 5.41) is 0.794. The van der Waals surface area contributed by atoms with Crippen LogP contribution in [0.4, 0.5) is 0 Å². The zero-order valence-corrected chi connectivity index (χ0v) is 18.9. The van der Waals surface area contributed by atoms with E-state index in [2.05, 4.69) is 20.8 Å². The molecule has 0 saturated heterocycles. The maximum absolute atomic E-state index is 13.1. The predicted octanol–water partition coefficient (Wildman–Crippen LogP) is 5.27. The molecule has 1 aromatic heterocycles. The summed E-state index contributed by atoms with van der Waals surface area (Å²) in [5.74, 6) is 0.469. The number of ether oxygens (including phenoxy) is 2. The molecule has 31 heavy (non-hydrogen) atoms. The lowest BCUT2D eigenvalue weighted by Crippen LogP contribution is -2.36. The number of carbonyl (C=O) groups is 2. The SMILES string of the molecule is CC(C)[C@H]1CC[C@@H](C)C[C@H]1OC(=O)COC(=O)c1c2c(nc3ccccc13)CCCC2. The largest absolute Gasteiger partial charge is 0.460 e. The van der Waals surface area contributed by atoms with Gasteiger partial charge in [0, 0.05) is 11.1 Å². The molecule has 1 aromatic carbocycles. The predicted molar refractivity (Wildman–Crippen MR) is 120 cm³/mol. The molecule has 3 atom stereocenters. The molecule has 0 radical (unpaired) electrons. The van der Waals surface area contributed by atoms with E-state index in [1.165, 1.54) is 6.42 Å². The van der Waals surface area contributed by atoms with Crippen LogP contribution in [0.3, 0.4) is 0 Å². The van der Waals surface area contributed by atoms with E-state index in [0.29, 0.717) is 23.3 Å². The van der Waals surface area contributed by atoms with Crippen LogP contribution in [0.25, 0.3) is 10.9 Å². The van der Waals surface area contributed by atoms with E-state index in [1.54, 1.807) is 0 Å². The molecule has 0 aliphatic heterocycles. The van der Waals surface area contributed by atoms with Gasteiger partial charge in [0.15, 0.2) is 6.61 Å². The summed E-state index contributed by atoms with van der Waals surface area (Å²) in [4.78, 5) is 30.4. The molecule has 2 aromatic rings. The van der Waals surface area contributed by atoms with Gasteiger partial charge in [-0.05, 0) is 67.9 Å². The highest BCUT2D eigenvalue weighted by atomic mass is 16.6. The minimum atomic E-state index is -0.453. The smallest absolute Gasteiger partial charge is 0.344 e. The Morgan fingerprint density at radius 3 is 2.71 bits per heavy atom. The van der Waals surface area contributed by atoms with E-state index < -0.39 is 11.9 Å². The second-order valence-corrected chi connectivity index (χ2v) is 9.57. The molecule has 0 unspecified atom stereocenters. The summed E-state index contributed by atoms with van der Waals surface area (Å²) in [5.41, 5.74) is 3.33. The van der Waals surface area contributed by atoms with Crippen molar-refractivity contribution in [2.75, 3.05) is 6.61 Å². The Balaban J connectivity index is 1.48. The number of carbonyl (C=O) groups excluding carboxylic acids is 2. The maximum Gasteiger partial charge on any atom is 0.344 e. The summed E-state index contributed by atoms with van der Waals surface area (Å²) in [6.07, 6.45) is 6.84. The van der Waals surface area contributed by atoms with Crippen molar-refractivity contribution in [2.24, 2.45) is 17.8 Å². The zero-order valence-electron chi connectivity index (χ0n) is 18.9. The molecule has 4 rings (SSSR count). The van der Waals surface area contributed by atoms with Crippen LogP contribution >= 0.6 is 0 Å². The van der Waals surface area contributed by atoms with Crippen LogP contribution in [0.1, 0.15) is 74.5 Å². The van der Waals surface area contributed by atoms with E-state index in [-0.39, 0.29) is 12.7 Å². The van der Waals surface area contributed by atoms with E-state index in [0.717, 1.165) is 60.7 Å². The van der Waals surface area contributed by atoms with Crippen molar-refractivity contribution in [1.82, 2.24) is 4.98 Å². The lowest BCUT2D eigenvalue weighted by Gasteiger charge is -2.36. The van der Waals surface area contributed by atoms with Gasteiger partial charge in [-0.3, -0.25) is 4.98 Å². The number of aryl methyl sites for hydroxylation is 1. The van der Waals surface area contributed by atoms with E-state index >= 15 is 0 Å². The number of hydrogen-bond donors (Lipinski definition) is 0. The Bertz CT molecular complexity index is 967. The van der Waals surface area contributed by atoms with E-state index in [4.69, 9.17) is 14.5 Å². The molecule has 166 valence electrons. The first-order valence-corrected chi connectivity index (χ1v) is 11.7. The van der Waals surface area contributed by atoms with Gasteiger partial charge in [-0.2, -0.15) is 0 Å². The molecule has 0 N–H and O–H groups in total. The number of aromatic nitrogens is 1. The van der Waals surface area contributed by atoms with Crippen molar-refractivity contribution in [1.29, 1.82) is 0 Å². The Labute approximate surface area is 184 Å². The van der Waals surface area contributed by atoms with Crippen molar-refractivity contribution in [2.45, 2.75) is 71.8 Å². The van der Waals surface area contributed by atoms with Crippen LogP contribution in [0.2, 0.25) is 0 Å². The first-order chi connectivity index (χ1) is 14.9. The number of benzene rings is 1. The minimum absolute atomic E-state index is 0.0931. The lowest BCUT2D eigenvalue weighted by atomic mass is 9.75. The van der Waals surface area contributed by atoms with Crippen LogP contribution in [-0.4, -0.2) is 29.6 Å². The molecule has 5 heteroatoms. The molecular weight excluding hydrogens is 390 g/mol. The van der Waals surface area contributed by atoms with Gasteiger partial charge in [0.05, 0.1) is 11.1 Å². The van der Waals surface area contributed by atoms with Crippen LogP contribution in [-0.2, 0) is 27.1 Å². The van der Waals surface area contributed by atoms with Gasteiger partial charge in [0.25, 0.3) is 0 Å². The normalized spacial score (nSPS) is 23.4. The molecule has 1 heterocycles. The number of pyridine rings is 1. The van der Waals surface area contributed by atoms with Crippen molar-refractivity contribution in [3.05, 3.63) is 41.1 Å². The second-order valence-electron chi connectivity index (χ2n) is 9.57. The Morgan fingerprint density at radius 1 is 1.13 bits per heavy atom. The van der Waals surface area contributed by atoms with Crippen molar-refractivity contribution >= 4 is 22.8 Å². The minimum Gasteiger partial charge on any atom is -0.460 e. The van der Waals surface area contributed by atoms with Crippen molar-refractivity contribution < 1.29 is 19.1 Å². The van der Waals surface area contributed by atoms with Crippen molar-refractivity contribution in [3.8, 4) is 0 Å². The molecule has 0 amide bonds. The Morgan fingerprint density at radius 2 is 1.90 bits per heavy atom. The first-order valence-electron chi connectivity index (χ1n) is 11.7. The quantitative estimate of drug-likeness (QED) is 0.613. The highest BCUT2D eigenvalue weighted by Gasteiger charge is 2.33. The molecule has 5 nitrogen and oxygen atoms in total. The third kappa shape index (κ3) is 4.76. The Kier molecular flexibility index (Phi) is 6.59. The fraction of sp³-hybridized carbons (Fsp3) is 0.577. The first kappa shape index (κ1) is 21.8. The second kappa shape index (κ2) is 9.37. The maximum atomic E-state index is 13.1. The molecule has 0 bridgehead atoms. The number of nitrogens with zero attached hydrogens (tertiary/aromatic N) is 1. The van der Waals surface area contributed by atoms with Gasteiger partial charge in [-0.15, -0.1) is 0 Å². The fourth-order valence-electron chi connectivity index (χ4n) is 5.26. The summed E-state index contributed by atoms with van der Waals surface area (Å²) >= 11 is 0. The van der Waals surface area contributed by atoms with Gasteiger partial charge in [-0.25, -0.2) is 9.59 Å². The lowest BCUT2D eigenvalue weighted by molar-refractivity contribution is -0.159. The molecular formula is C26H33NO4. The summed E-state index contributed by atoms with van der Waals surface area (Å²) in [6, 6.07) is 7.66.